The van der Waals surface area contributed by atoms with Gasteiger partial charge in [-0.15, -0.1) is 23.1 Å². The largest absolute Gasteiger partial charge is 0.271 e. The van der Waals surface area contributed by atoms with Crippen LogP contribution in [0.1, 0.15) is 28.0 Å². The molecule has 2 nitrogen and oxygen atoms in total. The summed E-state index contributed by atoms with van der Waals surface area (Å²) in [5, 5.41) is 2.14. The first-order valence-electron chi connectivity index (χ1n) is 6.03. The third-order valence-corrected chi connectivity index (χ3v) is 5.62. The molecule has 4 heteroatoms. The molecule has 0 fully saturated rings. The average Bonchev–Trinajstić information content (AvgIpc) is 2.99. The average molecular weight is 276 g/mol. The van der Waals surface area contributed by atoms with Crippen LogP contribution in [-0.2, 0) is 0 Å². The van der Waals surface area contributed by atoms with E-state index in [1.165, 1.54) is 20.9 Å². The summed E-state index contributed by atoms with van der Waals surface area (Å²) in [5.74, 6) is 7.38. The van der Waals surface area contributed by atoms with E-state index in [0.717, 1.165) is 5.75 Å². The van der Waals surface area contributed by atoms with E-state index in [1.54, 1.807) is 11.3 Å². The van der Waals surface area contributed by atoms with Crippen LogP contribution in [-0.4, -0.2) is 5.75 Å². The molecule has 0 saturated carbocycles. The van der Waals surface area contributed by atoms with Crippen LogP contribution >= 0.6 is 23.1 Å². The zero-order chi connectivity index (χ0) is 12.5. The zero-order valence-electron chi connectivity index (χ0n) is 10.2. The van der Waals surface area contributed by atoms with Crippen molar-refractivity contribution in [2.24, 2.45) is 5.84 Å². The van der Waals surface area contributed by atoms with Gasteiger partial charge in [-0.2, -0.15) is 0 Å². The number of hydrogen-bond acceptors (Lipinski definition) is 4. The standard InChI is InChI=1S/C14H16N2S2/c1-9-10(6-7-17-9)14(16-15)12-8-18-13-5-3-2-4-11(12)13/h2-7,12,14,16H,8,15H2,1H3. The summed E-state index contributed by atoms with van der Waals surface area (Å²) in [6, 6.07) is 11.1. The molecule has 2 atom stereocenters. The minimum atomic E-state index is 0.215. The van der Waals surface area contributed by atoms with Crippen molar-refractivity contribution >= 4 is 23.1 Å². The van der Waals surface area contributed by atoms with E-state index in [9.17, 15) is 0 Å². The molecule has 94 valence electrons. The van der Waals surface area contributed by atoms with Gasteiger partial charge in [-0.05, 0) is 35.6 Å². The molecule has 1 aromatic carbocycles. The molecule has 0 spiro atoms. The Hall–Kier alpha value is -0.810. The molecular weight excluding hydrogens is 260 g/mol. The van der Waals surface area contributed by atoms with E-state index in [1.807, 2.05) is 11.8 Å². The van der Waals surface area contributed by atoms with Gasteiger partial charge in [0.05, 0.1) is 6.04 Å². The fraction of sp³-hybridized carbons (Fsp3) is 0.286. The number of aryl methyl sites for hydroxylation is 1. The summed E-state index contributed by atoms with van der Waals surface area (Å²) in [5.41, 5.74) is 5.79. The topological polar surface area (TPSA) is 38.0 Å². The fourth-order valence-corrected chi connectivity index (χ4v) is 4.65. The van der Waals surface area contributed by atoms with Crippen molar-refractivity contribution in [3.05, 3.63) is 51.7 Å². The summed E-state index contributed by atoms with van der Waals surface area (Å²) in [6.07, 6.45) is 0. The highest BCUT2D eigenvalue weighted by Gasteiger charge is 2.31. The van der Waals surface area contributed by atoms with Gasteiger partial charge >= 0.3 is 0 Å². The van der Waals surface area contributed by atoms with E-state index in [2.05, 4.69) is 48.1 Å². The second-order valence-electron chi connectivity index (χ2n) is 4.53. The molecule has 0 radical (unpaired) electrons. The van der Waals surface area contributed by atoms with Gasteiger partial charge in [0.1, 0.15) is 0 Å². The number of hydrogen-bond donors (Lipinski definition) is 2. The highest BCUT2D eigenvalue weighted by Crippen LogP contribution is 2.46. The number of benzene rings is 1. The Kier molecular flexibility index (Phi) is 3.43. The van der Waals surface area contributed by atoms with Crippen molar-refractivity contribution in [2.45, 2.75) is 23.8 Å². The SMILES string of the molecule is Cc1sccc1C(NN)C1CSc2ccccc21. The van der Waals surface area contributed by atoms with Crippen LogP contribution in [0.2, 0.25) is 0 Å². The maximum absolute atomic E-state index is 5.82. The lowest BCUT2D eigenvalue weighted by Gasteiger charge is -2.23. The molecule has 2 aromatic rings. The van der Waals surface area contributed by atoms with Crippen molar-refractivity contribution in [3.8, 4) is 0 Å². The van der Waals surface area contributed by atoms with E-state index in [4.69, 9.17) is 5.84 Å². The number of nitrogens with two attached hydrogens (primary N) is 1. The van der Waals surface area contributed by atoms with Gasteiger partial charge in [-0.1, -0.05) is 18.2 Å². The molecule has 0 aliphatic carbocycles. The summed E-state index contributed by atoms with van der Waals surface area (Å²) < 4.78 is 0. The van der Waals surface area contributed by atoms with Crippen molar-refractivity contribution < 1.29 is 0 Å². The van der Waals surface area contributed by atoms with Crippen LogP contribution in [0.15, 0.2) is 40.6 Å². The molecule has 1 aromatic heterocycles. The molecule has 2 heterocycles. The predicted octanol–water partition coefficient (Wildman–Crippen LogP) is 3.45. The number of rotatable bonds is 3. The van der Waals surface area contributed by atoms with Crippen LogP contribution in [0.3, 0.4) is 0 Å². The minimum absolute atomic E-state index is 0.215. The first-order valence-corrected chi connectivity index (χ1v) is 7.89. The van der Waals surface area contributed by atoms with Gasteiger partial charge in [0.2, 0.25) is 0 Å². The molecule has 3 rings (SSSR count). The van der Waals surface area contributed by atoms with Gasteiger partial charge in [0, 0.05) is 21.4 Å². The van der Waals surface area contributed by atoms with Gasteiger partial charge in [0.25, 0.3) is 0 Å². The van der Waals surface area contributed by atoms with Crippen LogP contribution in [0.5, 0.6) is 0 Å². The lowest BCUT2D eigenvalue weighted by molar-refractivity contribution is 0.485. The molecule has 1 aliphatic rings. The first-order chi connectivity index (χ1) is 8.81. The second kappa shape index (κ2) is 5.05. The number of thioether (sulfide) groups is 1. The van der Waals surface area contributed by atoms with Crippen molar-refractivity contribution in [1.29, 1.82) is 0 Å². The summed E-state index contributed by atoms with van der Waals surface area (Å²) in [4.78, 5) is 2.75. The first kappa shape index (κ1) is 12.2. The molecule has 0 saturated heterocycles. The van der Waals surface area contributed by atoms with Crippen LogP contribution in [0.4, 0.5) is 0 Å². The maximum Gasteiger partial charge on any atom is 0.0547 e. The van der Waals surface area contributed by atoms with Crippen LogP contribution in [0, 0.1) is 6.92 Å². The van der Waals surface area contributed by atoms with Gasteiger partial charge < -0.3 is 0 Å². The molecular formula is C14H16N2S2. The van der Waals surface area contributed by atoms with E-state index >= 15 is 0 Å². The Bertz CT molecular complexity index is 550. The third-order valence-electron chi connectivity index (χ3n) is 3.55. The molecule has 0 amide bonds. The smallest absolute Gasteiger partial charge is 0.0547 e. The van der Waals surface area contributed by atoms with Crippen molar-refractivity contribution in [1.82, 2.24) is 5.43 Å². The Morgan fingerprint density at radius 2 is 2.17 bits per heavy atom. The highest BCUT2D eigenvalue weighted by molar-refractivity contribution is 7.99. The van der Waals surface area contributed by atoms with Crippen molar-refractivity contribution in [2.75, 3.05) is 5.75 Å². The number of thiophene rings is 1. The lowest BCUT2D eigenvalue weighted by Crippen LogP contribution is -2.32. The van der Waals surface area contributed by atoms with Gasteiger partial charge in [-0.3, -0.25) is 11.3 Å². The Morgan fingerprint density at radius 1 is 1.33 bits per heavy atom. The third kappa shape index (κ3) is 1.99. The number of nitrogens with one attached hydrogen (secondary N) is 1. The van der Waals surface area contributed by atoms with E-state index in [-0.39, 0.29) is 6.04 Å². The quantitative estimate of drug-likeness (QED) is 0.666. The monoisotopic (exact) mass is 276 g/mol. The molecule has 1 aliphatic heterocycles. The molecule has 18 heavy (non-hydrogen) atoms. The zero-order valence-corrected chi connectivity index (χ0v) is 11.9. The summed E-state index contributed by atoms with van der Waals surface area (Å²) in [6.45, 7) is 2.17. The molecule has 3 N–H and O–H groups in total. The summed E-state index contributed by atoms with van der Waals surface area (Å²) >= 11 is 3.72. The fourth-order valence-electron chi connectivity index (χ4n) is 2.60. The lowest BCUT2D eigenvalue weighted by atomic mass is 9.89. The van der Waals surface area contributed by atoms with Gasteiger partial charge in [0.15, 0.2) is 0 Å². The Morgan fingerprint density at radius 3 is 2.89 bits per heavy atom. The van der Waals surface area contributed by atoms with Crippen molar-refractivity contribution in [3.63, 3.8) is 0 Å². The summed E-state index contributed by atoms with van der Waals surface area (Å²) in [7, 11) is 0. The second-order valence-corrected chi connectivity index (χ2v) is 6.71. The number of hydrazine groups is 1. The van der Waals surface area contributed by atoms with Crippen LogP contribution in [0.25, 0.3) is 0 Å². The molecule has 2 unspecified atom stereocenters. The number of fused-ring (bicyclic) bond motifs is 1. The van der Waals surface area contributed by atoms with E-state index in [0.29, 0.717) is 5.92 Å². The Labute approximate surface area is 116 Å². The normalized spacial score (nSPS) is 19.8. The predicted molar refractivity (Wildman–Crippen MR) is 79.0 cm³/mol. The molecule has 0 bridgehead atoms. The Balaban J connectivity index is 1.98. The maximum atomic E-state index is 5.82. The van der Waals surface area contributed by atoms with Gasteiger partial charge in [-0.25, -0.2) is 0 Å². The van der Waals surface area contributed by atoms with E-state index < -0.39 is 0 Å². The highest BCUT2D eigenvalue weighted by atomic mass is 32.2. The van der Waals surface area contributed by atoms with Crippen LogP contribution < -0.4 is 11.3 Å². The minimum Gasteiger partial charge on any atom is -0.271 e.